The first-order chi connectivity index (χ1) is 9.29. The molecule has 1 aromatic rings. The molecule has 0 aromatic heterocycles. The van der Waals surface area contributed by atoms with Gasteiger partial charge in [0, 0.05) is 6.54 Å². The van der Waals surface area contributed by atoms with Gasteiger partial charge in [-0.25, -0.2) is 0 Å². The van der Waals surface area contributed by atoms with Gasteiger partial charge in [0.1, 0.15) is 0 Å². The molecule has 1 aromatic carbocycles. The summed E-state index contributed by atoms with van der Waals surface area (Å²) >= 11 is 0. The van der Waals surface area contributed by atoms with Crippen LogP contribution in [0.3, 0.4) is 0 Å². The lowest BCUT2D eigenvalue weighted by atomic mass is 9.68. The van der Waals surface area contributed by atoms with Crippen LogP contribution in [0.5, 0.6) is 0 Å². The fourth-order valence-electron chi connectivity index (χ4n) is 3.03. The molecule has 0 unspecified atom stereocenters. The third-order valence-corrected chi connectivity index (χ3v) is 4.13. The Morgan fingerprint density at radius 3 is 2.47 bits per heavy atom. The lowest BCUT2D eigenvalue weighted by Gasteiger charge is -2.36. The van der Waals surface area contributed by atoms with Gasteiger partial charge in [0.25, 0.3) is 0 Å². The van der Waals surface area contributed by atoms with Crippen molar-refractivity contribution in [2.75, 3.05) is 13.1 Å². The Hall–Kier alpha value is -1.35. The van der Waals surface area contributed by atoms with Crippen LogP contribution in [0.2, 0.25) is 0 Å². The molecule has 19 heavy (non-hydrogen) atoms. The van der Waals surface area contributed by atoms with E-state index in [1.54, 1.807) is 0 Å². The molecule has 0 spiro atoms. The maximum absolute atomic E-state index is 12.6. The zero-order chi connectivity index (χ0) is 13.6. The van der Waals surface area contributed by atoms with Crippen LogP contribution in [0.15, 0.2) is 30.3 Å². The maximum Gasteiger partial charge on any atom is 0.230 e. The van der Waals surface area contributed by atoms with E-state index < -0.39 is 0 Å². The largest absolute Gasteiger partial charge is 0.355 e. The Labute approximate surface area is 115 Å². The summed E-state index contributed by atoms with van der Waals surface area (Å²) in [5.74, 6) is 0.187. The third-order valence-electron chi connectivity index (χ3n) is 4.13. The van der Waals surface area contributed by atoms with Crippen LogP contribution >= 0.6 is 0 Å². The standard InChI is InChI=1S/C16H24N2O/c17-12-7-13-18-15(19)16(10-5-2-6-11-16)14-8-3-1-4-9-14/h1,3-4,8-9H,2,5-7,10-13,17H2,(H,18,19). The molecular weight excluding hydrogens is 236 g/mol. The average Bonchev–Trinajstić information content (AvgIpc) is 2.49. The van der Waals surface area contributed by atoms with Crippen molar-refractivity contribution in [2.24, 2.45) is 5.73 Å². The highest BCUT2D eigenvalue weighted by atomic mass is 16.2. The van der Waals surface area contributed by atoms with Gasteiger partial charge < -0.3 is 11.1 Å². The van der Waals surface area contributed by atoms with Crippen LogP contribution in [0.1, 0.15) is 44.1 Å². The summed E-state index contributed by atoms with van der Waals surface area (Å²) in [6, 6.07) is 10.2. The Bertz CT molecular complexity index is 396. The van der Waals surface area contributed by atoms with Crippen molar-refractivity contribution >= 4 is 5.91 Å². The van der Waals surface area contributed by atoms with Crippen LogP contribution in [0.25, 0.3) is 0 Å². The van der Waals surface area contributed by atoms with Crippen LogP contribution in [0.4, 0.5) is 0 Å². The van der Waals surface area contributed by atoms with Gasteiger partial charge >= 0.3 is 0 Å². The summed E-state index contributed by atoms with van der Waals surface area (Å²) in [4.78, 5) is 12.6. The molecule has 0 saturated heterocycles. The van der Waals surface area contributed by atoms with Gasteiger partial charge in [-0.2, -0.15) is 0 Å². The molecule has 3 heteroatoms. The third kappa shape index (κ3) is 3.16. The fourth-order valence-corrected chi connectivity index (χ4v) is 3.03. The lowest BCUT2D eigenvalue weighted by Crippen LogP contribution is -2.46. The highest BCUT2D eigenvalue weighted by molar-refractivity contribution is 5.88. The molecule has 1 amide bonds. The quantitative estimate of drug-likeness (QED) is 0.798. The number of hydrogen-bond acceptors (Lipinski definition) is 2. The number of nitrogens with two attached hydrogens (primary N) is 1. The van der Waals surface area contributed by atoms with Gasteiger partial charge in [0.15, 0.2) is 0 Å². The lowest BCUT2D eigenvalue weighted by molar-refractivity contribution is -0.128. The number of amides is 1. The first-order valence-corrected chi connectivity index (χ1v) is 7.33. The summed E-state index contributed by atoms with van der Waals surface area (Å²) in [7, 11) is 0. The number of carbonyl (C=O) groups excluding carboxylic acids is 1. The average molecular weight is 260 g/mol. The topological polar surface area (TPSA) is 55.1 Å². The number of carbonyl (C=O) groups is 1. The van der Waals surface area contributed by atoms with Gasteiger partial charge in [0.05, 0.1) is 5.41 Å². The minimum atomic E-state index is -0.311. The van der Waals surface area contributed by atoms with Crippen LogP contribution in [0, 0.1) is 0 Å². The Morgan fingerprint density at radius 1 is 1.16 bits per heavy atom. The Morgan fingerprint density at radius 2 is 1.84 bits per heavy atom. The number of nitrogens with one attached hydrogen (secondary N) is 1. The summed E-state index contributed by atoms with van der Waals surface area (Å²) in [6.45, 7) is 1.31. The first-order valence-electron chi connectivity index (χ1n) is 7.33. The summed E-state index contributed by atoms with van der Waals surface area (Å²) in [5.41, 5.74) is 6.34. The number of hydrogen-bond donors (Lipinski definition) is 2. The van der Waals surface area contributed by atoms with Crippen molar-refractivity contribution in [1.29, 1.82) is 0 Å². The molecule has 2 rings (SSSR count). The van der Waals surface area contributed by atoms with Crippen LogP contribution < -0.4 is 11.1 Å². The van der Waals surface area contributed by atoms with E-state index >= 15 is 0 Å². The van der Waals surface area contributed by atoms with Crippen LogP contribution in [-0.2, 0) is 10.2 Å². The van der Waals surface area contributed by atoms with Crippen molar-refractivity contribution in [3.63, 3.8) is 0 Å². The second-order valence-corrected chi connectivity index (χ2v) is 5.41. The molecule has 0 atom stereocenters. The summed E-state index contributed by atoms with van der Waals surface area (Å²) in [6.07, 6.45) is 6.29. The van der Waals surface area contributed by atoms with Gasteiger partial charge in [-0.15, -0.1) is 0 Å². The van der Waals surface area contributed by atoms with Gasteiger partial charge in [-0.05, 0) is 31.4 Å². The number of rotatable bonds is 5. The predicted octanol–water partition coefficient (Wildman–Crippen LogP) is 2.35. The molecule has 0 aliphatic heterocycles. The van der Waals surface area contributed by atoms with Gasteiger partial charge in [0.2, 0.25) is 5.91 Å². The van der Waals surface area contributed by atoms with Gasteiger partial charge in [-0.1, -0.05) is 49.6 Å². The zero-order valence-electron chi connectivity index (χ0n) is 11.5. The predicted molar refractivity (Wildman–Crippen MR) is 77.9 cm³/mol. The van der Waals surface area contributed by atoms with E-state index in [1.165, 1.54) is 12.0 Å². The highest BCUT2D eigenvalue weighted by Gasteiger charge is 2.40. The highest BCUT2D eigenvalue weighted by Crippen LogP contribution is 2.39. The summed E-state index contributed by atoms with van der Waals surface area (Å²) in [5, 5.41) is 3.07. The smallest absolute Gasteiger partial charge is 0.230 e. The molecule has 3 nitrogen and oxygen atoms in total. The molecule has 0 bridgehead atoms. The van der Waals surface area contributed by atoms with Crippen molar-refractivity contribution in [1.82, 2.24) is 5.32 Å². The minimum Gasteiger partial charge on any atom is -0.355 e. The van der Waals surface area contributed by atoms with E-state index in [1.807, 2.05) is 18.2 Å². The normalized spacial score (nSPS) is 17.9. The molecular formula is C16H24N2O. The van der Waals surface area contributed by atoms with E-state index in [9.17, 15) is 4.79 Å². The van der Waals surface area contributed by atoms with E-state index in [0.717, 1.165) is 32.1 Å². The van der Waals surface area contributed by atoms with Crippen molar-refractivity contribution in [3.05, 3.63) is 35.9 Å². The Kier molecular flexibility index (Phi) is 4.97. The van der Waals surface area contributed by atoms with E-state index in [2.05, 4.69) is 17.4 Å². The van der Waals surface area contributed by atoms with E-state index in [4.69, 9.17) is 5.73 Å². The Balaban J connectivity index is 2.17. The molecule has 1 saturated carbocycles. The molecule has 104 valence electrons. The number of benzene rings is 1. The fraction of sp³-hybridized carbons (Fsp3) is 0.562. The van der Waals surface area contributed by atoms with E-state index in [0.29, 0.717) is 13.1 Å². The summed E-state index contributed by atoms with van der Waals surface area (Å²) < 4.78 is 0. The second kappa shape index (κ2) is 6.71. The maximum atomic E-state index is 12.6. The first kappa shape index (κ1) is 14.1. The molecule has 1 fully saturated rings. The molecule has 0 radical (unpaired) electrons. The van der Waals surface area contributed by atoms with Crippen molar-refractivity contribution in [2.45, 2.75) is 43.9 Å². The second-order valence-electron chi connectivity index (χ2n) is 5.41. The molecule has 1 aliphatic rings. The SMILES string of the molecule is NCCCNC(=O)C1(c2ccccc2)CCCCC1. The molecule has 1 aliphatic carbocycles. The monoisotopic (exact) mass is 260 g/mol. The van der Waals surface area contributed by atoms with Crippen molar-refractivity contribution < 1.29 is 4.79 Å². The zero-order valence-corrected chi connectivity index (χ0v) is 11.5. The van der Waals surface area contributed by atoms with Gasteiger partial charge in [-0.3, -0.25) is 4.79 Å². The van der Waals surface area contributed by atoms with Crippen LogP contribution in [-0.4, -0.2) is 19.0 Å². The van der Waals surface area contributed by atoms with E-state index in [-0.39, 0.29) is 11.3 Å². The molecule has 0 heterocycles. The van der Waals surface area contributed by atoms with Crippen molar-refractivity contribution in [3.8, 4) is 0 Å². The molecule has 3 N–H and O–H groups in total. The minimum absolute atomic E-state index is 0.187.